The zero-order valence-electron chi connectivity index (χ0n) is 17.8. The number of amides is 2. The van der Waals surface area contributed by atoms with Gasteiger partial charge in [-0.3, -0.25) is 13.8 Å². The Balaban J connectivity index is 2.03. The maximum absolute atomic E-state index is 13.4. The van der Waals surface area contributed by atoms with Gasteiger partial charge in [0, 0.05) is 32.1 Å². The molecule has 3 rings (SSSR count). The van der Waals surface area contributed by atoms with Gasteiger partial charge in [-0.1, -0.05) is 48.5 Å². The van der Waals surface area contributed by atoms with Crippen molar-refractivity contribution in [1.82, 2.24) is 9.80 Å². The number of nitrogens with one attached hydrogen (secondary N) is 1. The van der Waals surface area contributed by atoms with E-state index < -0.39 is 45.3 Å². The molecule has 11 heteroatoms. The fraction of sp³-hybridized carbons (Fsp3) is 0.333. The normalized spacial score (nSPS) is 21.5. The van der Waals surface area contributed by atoms with Gasteiger partial charge in [0.2, 0.25) is 11.8 Å². The van der Waals surface area contributed by atoms with Crippen LogP contribution in [0.4, 0.5) is 5.69 Å². The van der Waals surface area contributed by atoms with E-state index in [2.05, 4.69) is 0 Å². The zero-order valence-corrected chi connectivity index (χ0v) is 18.7. The summed E-state index contributed by atoms with van der Waals surface area (Å²) >= 11 is 0. The summed E-state index contributed by atoms with van der Waals surface area (Å²) in [6.45, 7) is 0. The molecule has 4 atom stereocenters. The fourth-order valence-corrected chi connectivity index (χ4v) is 4.45. The van der Waals surface area contributed by atoms with E-state index in [9.17, 15) is 28.4 Å². The molecule has 2 N–H and O–H groups in total. The van der Waals surface area contributed by atoms with Gasteiger partial charge >= 0.3 is 0 Å². The SMILES string of the molecule is CN1C(=O)[C@H](Cc2ccccc2)N(C)C(=O)C1C(OS(C)(=O)=O)c1ccccc1[NH+]([O-])O. The lowest BCUT2D eigenvalue weighted by Gasteiger charge is -2.44. The number of carbonyl (C=O) groups is 2. The lowest BCUT2D eigenvalue weighted by atomic mass is 9.93. The third-order valence-electron chi connectivity index (χ3n) is 5.45. The number of benzene rings is 2. The number of hydrogen-bond acceptors (Lipinski definition) is 7. The quantitative estimate of drug-likeness (QED) is 0.437. The average molecular weight is 464 g/mol. The molecule has 172 valence electrons. The Morgan fingerprint density at radius 2 is 1.62 bits per heavy atom. The van der Waals surface area contributed by atoms with Crippen LogP contribution < -0.4 is 5.23 Å². The van der Waals surface area contributed by atoms with Gasteiger partial charge in [0.1, 0.15) is 18.2 Å². The van der Waals surface area contributed by atoms with Gasteiger partial charge in [0.25, 0.3) is 10.1 Å². The number of rotatable bonds is 7. The number of likely N-dealkylation sites (N-methyl/N-ethyl adjacent to an activating group) is 2. The number of nitrogens with zero attached hydrogens (tertiary/aromatic N) is 2. The highest BCUT2D eigenvalue weighted by Crippen LogP contribution is 2.34. The van der Waals surface area contributed by atoms with Gasteiger partial charge < -0.3 is 15.0 Å². The minimum Gasteiger partial charge on any atom is -0.595 e. The Kier molecular flexibility index (Phi) is 6.96. The third kappa shape index (κ3) is 4.97. The summed E-state index contributed by atoms with van der Waals surface area (Å²) in [6, 6.07) is 12.7. The minimum absolute atomic E-state index is 0.0154. The summed E-state index contributed by atoms with van der Waals surface area (Å²) in [4.78, 5) is 29.0. The second-order valence-electron chi connectivity index (χ2n) is 7.66. The molecule has 1 heterocycles. The van der Waals surface area contributed by atoms with Crippen molar-refractivity contribution < 1.29 is 32.6 Å². The van der Waals surface area contributed by atoms with E-state index in [1.165, 1.54) is 43.3 Å². The van der Waals surface area contributed by atoms with E-state index in [-0.39, 0.29) is 17.7 Å². The summed E-state index contributed by atoms with van der Waals surface area (Å²) in [7, 11) is -1.26. The van der Waals surface area contributed by atoms with Gasteiger partial charge in [-0.15, -0.1) is 0 Å². The highest BCUT2D eigenvalue weighted by molar-refractivity contribution is 7.86. The predicted molar refractivity (Wildman–Crippen MR) is 114 cm³/mol. The number of carbonyl (C=O) groups excluding carboxylic acids is 2. The molecular weight excluding hydrogens is 438 g/mol. The Morgan fingerprint density at radius 3 is 2.22 bits per heavy atom. The highest BCUT2D eigenvalue weighted by atomic mass is 32.2. The van der Waals surface area contributed by atoms with Crippen molar-refractivity contribution in [2.24, 2.45) is 0 Å². The van der Waals surface area contributed by atoms with Crippen LogP contribution in [-0.4, -0.2) is 67.7 Å². The minimum atomic E-state index is -4.11. The number of hydrogen-bond donors (Lipinski definition) is 2. The average Bonchev–Trinajstić information content (AvgIpc) is 2.74. The molecule has 1 aliphatic heterocycles. The van der Waals surface area contributed by atoms with Crippen molar-refractivity contribution in [2.75, 3.05) is 20.4 Å². The second kappa shape index (κ2) is 9.35. The van der Waals surface area contributed by atoms with Gasteiger partial charge in [0.05, 0.1) is 6.26 Å². The lowest BCUT2D eigenvalue weighted by molar-refractivity contribution is -0.991. The smallest absolute Gasteiger partial charge is 0.265 e. The van der Waals surface area contributed by atoms with Crippen LogP contribution in [0.2, 0.25) is 0 Å². The van der Waals surface area contributed by atoms with E-state index in [1.807, 2.05) is 30.3 Å². The van der Waals surface area contributed by atoms with Gasteiger partial charge in [0.15, 0.2) is 5.69 Å². The molecule has 0 aliphatic carbocycles. The first-order valence-corrected chi connectivity index (χ1v) is 11.6. The van der Waals surface area contributed by atoms with Crippen molar-refractivity contribution in [2.45, 2.75) is 24.6 Å². The second-order valence-corrected chi connectivity index (χ2v) is 9.26. The summed E-state index contributed by atoms with van der Waals surface area (Å²) in [5, 5.41) is 20.0. The topological polar surface area (TPSA) is 132 Å². The van der Waals surface area contributed by atoms with Crippen molar-refractivity contribution in [3.63, 3.8) is 0 Å². The molecule has 2 aromatic carbocycles. The molecule has 0 saturated carbocycles. The molecule has 1 aliphatic rings. The van der Waals surface area contributed by atoms with Gasteiger partial charge in [-0.2, -0.15) is 13.6 Å². The van der Waals surface area contributed by atoms with Crippen LogP contribution in [-0.2, 0) is 30.3 Å². The van der Waals surface area contributed by atoms with E-state index in [4.69, 9.17) is 4.18 Å². The molecule has 10 nitrogen and oxygen atoms in total. The fourth-order valence-electron chi connectivity index (χ4n) is 3.86. The van der Waals surface area contributed by atoms with Crippen LogP contribution in [0.25, 0.3) is 0 Å². The maximum atomic E-state index is 13.4. The molecule has 0 spiro atoms. The molecule has 1 saturated heterocycles. The molecule has 3 unspecified atom stereocenters. The van der Waals surface area contributed by atoms with Gasteiger partial charge in [-0.05, 0) is 5.56 Å². The molecule has 0 bridgehead atoms. The van der Waals surface area contributed by atoms with Crippen molar-refractivity contribution >= 4 is 27.6 Å². The molecule has 0 aromatic heterocycles. The standard InChI is InChI=1S/C21H25N3O7S/c1-22-17(13-14-9-5-4-6-10-14)20(25)23(2)18(21(22)26)19(31-32(3,29)30)15-11-7-8-12-16(15)24(27)28/h4-12,17-19,24,27H,13H2,1-3H3/t17-,18?,19?/m0/s1. The van der Waals surface area contributed by atoms with Crippen molar-refractivity contribution in [3.05, 3.63) is 70.9 Å². The maximum Gasteiger partial charge on any atom is 0.265 e. The van der Waals surface area contributed by atoms with Gasteiger partial charge in [-0.25, -0.2) is 5.21 Å². The van der Waals surface area contributed by atoms with Crippen LogP contribution in [0.5, 0.6) is 0 Å². The third-order valence-corrected chi connectivity index (χ3v) is 6.01. The lowest BCUT2D eigenvalue weighted by Crippen LogP contribution is -2.99. The Bertz CT molecular complexity index is 1090. The summed E-state index contributed by atoms with van der Waals surface area (Å²) in [5.41, 5.74) is 0.625. The Labute approximate surface area is 186 Å². The highest BCUT2D eigenvalue weighted by Gasteiger charge is 2.48. The first kappa shape index (κ1) is 23.8. The van der Waals surface area contributed by atoms with Crippen LogP contribution in [0.3, 0.4) is 0 Å². The number of piperazine rings is 1. The molecular formula is C21H25N3O7S. The summed E-state index contributed by atoms with van der Waals surface area (Å²) < 4.78 is 29.3. The monoisotopic (exact) mass is 463 g/mol. The molecule has 32 heavy (non-hydrogen) atoms. The van der Waals surface area contributed by atoms with E-state index >= 15 is 0 Å². The van der Waals surface area contributed by atoms with Crippen molar-refractivity contribution in [1.29, 1.82) is 0 Å². The number of para-hydroxylation sites is 1. The largest absolute Gasteiger partial charge is 0.595 e. The van der Waals surface area contributed by atoms with E-state index in [0.29, 0.717) is 0 Å². The summed E-state index contributed by atoms with van der Waals surface area (Å²) in [5.74, 6) is -0.960. The van der Waals surface area contributed by atoms with E-state index in [1.54, 1.807) is 0 Å². The Hall–Kier alpha value is -2.83. The van der Waals surface area contributed by atoms with Crippen LogP contribution in [0, 0.1) is 5.21 Å². The molecule has 2 aromatic rings. The zero-order chi connectivity index (χ0) is 23.6. The van der Waals surface area contributed by atoms with Crippen LogP contribution in [0.15, 0.2) is 54.6 Å². The van der Waals surface area contributed by atoms with E-state index in [0.717, 1.165) is 16.7 Å². The molecule has 2 amide bonds. The van der Waals surface area contributed by atoms with Crippen LogP contribution in [0.1, 0.15) is 17.2 Å². The number of quaternary nitrogens is 1. The van der Waals surface area contributed by atoms with Crippen LogP contribution >= 0.6 is 0 Å². The first-order valence-electron chi connectivity index (χ1n) is 9.79. The molecule has 1 fully saturated rings. The predicted octanol–water partition coefficient (Wildman–Crippen LogP) is 0.0176. The first-order chi connectivity index (χ1) is 15.0. The molecule has 0 radical (unpaired) electrons. The summed E-state index contributed by atoms with van der Waals surface area (Å²) in [6.07, 6.45) is -0.443. The Morgan fingerprint density at radius 1 is 1.03 bits per heavy atom. The van der Waals surface area contributed by atoms with Crippen molar-refractivity contribution in [3.8, 4) is 0 Å².